The van der Waals surface area contributed by atoms with E-state index in [1.54, 1.807) is 0 Å². The molecule has 92 valence electrons. The third kappa shape index (κ3) is 5.33. The standard InChI is InChI=1S/C13H22ClNS/c1-3-12-6-7-13(16-12)10-15-8-4-5-11(2)9-14/h6-7,11,15H,3-5,8-10H2,1-2H3. The van der Waals surface area contributed by atoms with Gasteiger partial charge in [-0.3, -0.25) is 0 Å². The zero-order chi connectivity index (χ0) is 11.8. The molecule has 1 nitrogen and oxygen atoms in total. The average Bonchev–Trinajstić information content (AvgIpc) is 2.76. The Hall–Kier alpha value is -0.0500. The van der Waals surface area contributed by atoms with Gasteiger partial charge in [-0.15, -0.1) is 22.9 Å². The number of aryl methyl sites for hydroxylation is 1. The molecule has 0 saturated heterocycles. The van der Waals surface area contributed by atoms with E-state index in [4.69, 9.17) is 11.6 Å². The summed E-state index contributed by atoms with van der Waals surface area (Å²) in [6.45, 7) is 6.52. The zero-order valence-electron chi connectivity index (χ0n) is 10.3. The van der Waals surface area contributed by atoms with Gasteiger partial charge < -0.3 is 5.32 Å². The molecule has 0 saturated carbocycles. The van der Waals surface area contributed by atoms with E-state index in [1.165, 1.54) is 22.6 Å². The minimum Gasteiger partial charge on any atom is -0.312 e. The van der Waals surface area contributed by atoms with Crippen LogP contribution in [0.1, 0.15) is 36.4 Å². The highest BCUT2D eigenvalue weighted by Gasteiger charge is 2.00. The summed E-state index contributed by atoms with van der Waals surface area (Å²) < 4.78 is 0. The van der Waals surface area contributed by atoms with Gasteiger partial charge in [0.15, 0.2) is 0 Å². The molecule has 16 heavy (non-hydrogen) atoms. The van der Waals surface area contributed by atoms with E-state index in [0.717, 1.165) is 25.4 Å². The van der Waals surface area contributed by atoms with Crippen molar-refractivity contribution in [1.29, 1.82) is 0 Å². The Morgan fingerprint density at radius 3 is 2.75 bits per heavy atom. The Morgan fingerprint density at radius 1 is 1.38 bits per heavy atom. The molecular formula is C13H22ClNS. The molecule has 0 fully saturated rings. The van der Waals surface area contributed by atoms with Crippen LogP contribution in [-0.2, 0) is 13.0 Å². The first-order chi connectivity index (χ1) is 7.76. The van der Waals surface area contributed by atoms with Gasteiger partial charge in [-0.2, -0.15) is 0 Å². The molecule has 1 heterocycles. The molecule has 3 heteroatoms. The second-order valence-corrected chi connectivity index (χ2v) is 5.86. The summed E-state index contributed by atoms with van der Waals surface area (Å²) in [4.78, 5) is 2.93. The Bertz CT molecular complexity index is 285. The van der Waals surface area contributed by atoms with Crippen molar-refractivity contribution in [3.05, 3.63) is 21.9 Å². The van der Waals surface area contributed by atoms with Crippen molar-refractivity contribution in [1.82, 2.24) is 5.32 Å². The van der Waals surface area contributed by atoms with Gasteiger partial charge in [0.1, 0.15) is 0 Å². The summed E-state index contributed by atoms with van der Waals surface area (Å²) in [7, 11) is 0. The van der Waals surface area contributed by atoms with Gasteiger partial charge in [-0.25, -0.2) is 0 Å². The third-order valence-corrected chi connectivity index (χ3v) is 4.44. The summed E-state index contributed by atoms with van der Waals surface area (Å²) >= 11 is 7.68. The fourth-order valence-corrected chi connectivity index (χ4v) is 2.65. The lowest BCUT2D eigenvalue weighted by Crippen LogP contribution is -2.14. The summed E-state index contributed by atoms with van der Waals surface area (Å²) in [5.74, 6) is 1.43. The van der Waals surface area contributed by atoms with Crippen LogP contribution in [0.4, 0.5) is 0 Å². The Kier molecular flexibility index (Phi) is 7.10. The maximum absolute atomic E-state index is 5.76. The molecule has 0 aliphatic heterocycles. The van der Waals surface area contributed by atoms with Crippen LogP contribution in [0, 0.1) is 5.92 Å². The van der Waals surface area contributed by atoms with Gasteiger partial charge in [-0.1, -0.05) is 13.8 Å². The van der Waals surface area contributed by atoms with E-state index < -0.39 is 0 Å². The number of alkyl halides is 1. The summed E-state index contributed by atoms with van der Waals surface area (Å²) in [6, 6.07) is 4.47. The molecule has 0 amide bonds. The SMILES string of the molecule is CCc1ccc(CNCCCC(C)CCl)s1. The average molecular weight is 260 g/mol. The molecular weight excluding hydrogens is 238 g/mol. The van der Waals surface area contributed by atoms with Crippen LogP contribution in [0.5, 0.6) is 0 Å². The monoisotopic (exact) mass is 259 g/mol. The first kappa shape index (κ1) is 14.0. The van der Waals surface area contributed by atoms with Crippen molar-refractivity contribution in [3.8, 4) is 0 Å². The first-order valence-electron chi connectivity index (χ1n) is 6.10. The molecule has 0 aliphatic carbocycles. The molecule has 1 aromatic rings. The van der Waals surface area contributed by atoms with Crippen LogP contribution in [0.3, 0.4) is 0 Å². The van der Waals surface area contributed by atoms with Crippen molar-refractivity contribution in [2.45, 2.75) is 39.7 Å². The number of hydrogen-bond donors (Lipinski definition) is 1. The second-order valence-electron chi connectivity index (χ2n) is 4.30. The molecule has 1 rings (SSSR count). The van der Waals surface area contributed by atoms with Gasteiger partial charge in [0.05, 0.1) is 0 Å². The van der Waals surface area contributed by atoms with E-state index in [9.17, 15) is 0 Å². The highest BCUT2D eigenvalue weighted by atomic mass is 35.5. The predicted molar refractivity (Wildman–Crippen MR) is 74.5 cm³/mol. The van der Waals surface area contributed by atoms with Gasteiger partial charge in [-0.05, 0) is 43.9 Å². The Labute approximate surface area is 108 Å². The summed E-state index contributed by atoms with van der Waals surface area (Å²) in [5, 5.41) is 3.49. The van der Waals surface area contributed by atoms with Crippen LogP contribution in [0.2, 0.25) is 0 Å². The van der Waals surface area contributed by atoms with Crippen molar-refractivity contribution < 1.29 is 0 Å². The van der Waals surface area contributed by atoms with E-state index in [1.807, 2.05) is 11.3 Å². The molecule has 0 spiro atoms. The molecule has 0 bridgehead atoms. The number of nitrogens with one attached hydrogen (secondary N) is 1. The summed E-state index contributed by atoms with van der Waals surface area (Å²) in [5.41, 5.74) is 0. The highest BCUT2D eigenvalue weighted by Crippen LogP contribution is 2.16. The molecule has 1 aromatic heterocycles. The quantitative estimate of drug-likeness (QED) is 0.549. The summed E-state index contributed by atoms with van der Waals surface area (Å²) in [6.07, 6.45) is 3.60. The molecule has 0 aromatic carbocycles. The van der Waals surface area contributed by atoms with Crippen molar-refractivity contribution in [2.24, 2.45) is 5.92 Å². The largest absolute Gasteiger partial charge is 0.312 e. The maximum atomic E-state index is 5.76. The number of rotatable bonds is 8. The lowest BCUT2D eigenvalue weighted by molar-refractivity contribution is 0.532. The second kappa shape index (κ2) is 8.10. The molecule has 0 aliphatic rings. The molecule has 1 unspecified atom stereocenters. The van der Waals surface area contributed by atoms with Crippen LogP contribution in [0.25, 0.3) is 0 Å². The van der Waals surface area contributed by atoms with Gasteiger partial charge >= 0.3 is 0 Å². The van der Waals surface area contributed by atoms with Crippen LogP contribution in [-0.4, -0.2) is 12.4 Å². The highest BCUT2D eigenvalue weighted by molar-refractivity contribution is 7.11. The molecule has 0 radical (unpaired) electrons. The fraction of sp³-hybridized carbons (Fsp3) is 0.692. The Balaban J connectivity index is 2.07. The van der Waals surface area contributed by atoms with E-state index >= 15 is 0 Å². The third-order valence-electron chi connectivity index (χ3n) is 2.68. The topological polar surface area (TPSA) is 12.0 Å². The van der Waals surface area contributed by atoms with Gasteiger partial charge in [0.2, 0.25) is 0 Å². The smallest absolute Gasteiger partial charge is 0.0299 e. The lowest BCUT2D eigenvalue weighted by atomic mass is 10.1. The van der Waals surface area contributed by atoms with Crippen LogP contribution < -0.4 is 5.32 Å². The number of thiophene rings is 1. The first-order valence-corrected chi connectivity index (χ1v) is 7.45. The van der Waals surface area contributed by atoms with Gasteiger partial charge in [0.25, 0.3) is 0 Å². The normalized spacial score (nSPS) is 12.9. The minimum absolute atomic E-state index is 0.650. The molecule has 1 atom stereocenters. The number of halogens is 1. The van der Waals surface area contributed by atoms with Crippen LogP contribution >= 0.6 is 22.9 Å². The lowest BCUT2D eigenvalue weighted by Gasteiger charge is -2.07. The maximum Gasteiger partial charge on any atom is 0.0299 e. The van der Waals surface area contributed by atoms with Crippen molar-refractivity contribution in [3.63, 3.8) is 0 Å². The molecule has 1 N–H and O–H groups in total. The van der Waals surface area contributed by atoms with E-state index in [-0.39, 0.29) is 0 Å². The fourth-order valence-electron chi connectivity index (χ4n) is 1.57. The van der Waals surface area contributed by atoms with E-state index in [0.29, 0.717) is 5.92 Å². The van der Waals surface area contributed by atoms with E-state index in [2.05, 4.69) is 31.3 Å². The predicted octanol–water partition coefficient (Wildman–Crippen LogP) is 4.06. The van der Waals surface area contributed by atoms with Crippen molar-refractivity contribution >= 4 is 22.9 Å². The van der Waals surface area contributed by atoms with Gasteiger partial charge in [0, 0.05) is 22.2 Å². The minimum atomic E-state index is 0.650. The van der Waals surface area contributed by atoms with Crippen LogP contribution in [0.15, 0.2) is 12.1 Å². The van der Waals surface area contributed by atoms with Crippen molar-refractivity contribution in [2.75, 3.05) is 12.4 Å². The number of hydrogen-bond acceptors (Lipinski definition) is 2. The zero-order valence-corrected chi connectivity index (χ0v) is 11.8. The Morgan fingerprint density at radius 2 is 2.12 bits per heavy atom.